The highest BCUT2D eigenvalue weighted by Crippen LogP contribution is 2.30. The number of nitrogens with two attached hydrogens (primary N) is 1. The number of benzene rings is 2. The van der Waals surface area contributed by atoms with Crippen molar-refractivity contribution < 1.29 is 26.7 Å². The molecule has 1 amide bonds. The molecule has 0 unspecified atom stereocenters. The summed E-state index contributed by atoms with van der Waals surface area (Å²) in [5.74, 6) is -3.47. The zero-order valence-corrected chi connectivity index (χ0v) is 10.8. The van der Waals surface area contributed by atoms with Gasteiger partial charge in [0.1, 0.15) is 0 Å². The Morgan fingerprint density at radius 1 is 1.05 bits per heavy atom. The third-order valence-corrected chi connectivity index (χ3v) is 2.78. The van der Waals surface area contributed by atoms with Crippen LogP contribution in [0.2, 0.25) is 0 Å². The Morgan fingerprint density at radius 3 is 2.32 bits per heavy atom. The second-order valence-corrected chi connectivity index (χ2v) is 4.39. The number of amides is 1. The highest BCUT2D eigenvalue weighted by atomic mass is 19.4. The lowest BCUT2D eigenvalue weighted by Gasteiger charge is -2.11. The fourth-order valence-electron chi connectivity index (χ4n) is 1.73. The molecule has 2 aromatic carbocycles. The van der Waals surface area contributed by atoms with E-state index in [1.54, 1.807) is 0 Å². The molecule has 0 aromatic heterocycles. The van der Waals surface area contributed by atoms with Crippen LogP contribution >= 0.6 is 0 Å². The van der Waals surface area contributed by atoms with E-state index in [0.717, 1.165) is 12.1 Å². The molecule has 3 nitrogen and oxygen atoms in total. The monoisotopic (exact) mass is 316 g/mol. The van der Waals surface area contributed by atoms with Crippen LogP contribution in [0.3, 0.4) is 0 Å². The first-order chi connectivity index (χ1) is 10.2. The minimum absolute atomic E-state index is 0.149. The molecule has 0 atom stereocenters. The first-order valence-corrected chi connectivity index (χ1v) is 5.91. The molecule has 0 aliphatic carbocycles. The maximum Gasteiger partial charge on any atom is 0.416 e. The number of carbonyl (C=O) groups excluding carboxylic acids is 1. The molecule has 0 aliphatic heterocycles. The minimum Gasteiger partial charge on any atom is -0.398 e. The number of nitrogens with one attached hydrogen (secondary N) is 1. The molecular weight excluding hydrogens is 307 g/mol. The molecule has 0 aliphatic rings. The van der Waals surface area contributed by atoms with Gasteiger partial charge in [0.15, 0.2) is 11.6 Å². The summed E-state index contributed by atoms with van der Waals surface area (Å²) < 4.78 is 63.7. The standard InChI is InChI=1S/C14H9F5N2O/c15-10-5-9(12(20)6-11(10)16)13(22)21-8-3-1-2-7(4-8)14(17,18)19/h1-6H,20H2,(H,21,22). The van der Waals surface area contributed by atoms with Gasteiger partial charge >= 0.3 is 6.18 Å². The van der Waals surface area contributed by atoms with E-state index >= 15 is 0 Å². The van der Waals surface area contributed by atoms with Gasteiger partial charge < -0.3 is 11.1 Å². The average Bonchev–Trinajstić information content (AvgIpc) is 2.42. The van der Waals surface area contributed by atoms with Crippen molar-refractivity contribution in [2.75, 3.05) is 11.1 Å². The molecule has 8 heteroatoms. The first-order valence-electron chi connectivity index (χ1n) is 5.91. The van der Waals surface area contributed by atoms with Crippen molar-refractivity contribution in [1.82, 2.24) is 0 Å². The van der Waals surface area contributed by atoms with Gasteiger partial charge in [-0.05, 0) is 24.3 Å². The maximum absolute atomic E-state index is 13.1. The SMILES string of the molecule is Nc1cc(F)c(F)cc1C(=O)Nc1cccc(C(F)(F)F)c1. The Bertz CT molecular complexity index is 728. The molecule has 2 rings (SSSR count). The van der Waals surface area contributed by atoms with Gasteiger partial charge in [0, 0.05) is 17.4 Å². The van der Waals surface area contributed by atoms with Crippen molar-refractivity contribution in [3.63, 3.8) is 0 Å². The van der Waals surface area contributed by atoms with Crippen LogP contribution in [0.5, 0.6) is 0 Å². The summed E-state index contributed by atoms with van der Waals surface area (Å²) in [6, 6.07) is 5.08. The summed E-state index contributed by atoms with van der Waals surface area (Å²) in [6.07, 6.45) is -4.57. The molecule has 0 fully saturated rings. The van der Waals surface area contributed by atoms with Gasteiger partial charge in [0.05, 0.1) is 11.1 Å². The van der Waals surface area contributed by atoms with Crippen LogP contribution in [0.25, 0.3) is 0 Å². The predicted octanol–water partition coefficient (Wildman–Crippen LogP) is 3.82. The van der Waals surface area contributed by atoms with E-state index in [4.69, 9.17) is 5.73 Å². The molecule has 0 heterocycles. The smallest absolute Gasteiger partial charge is 0.398 e. The van der Waals surface area contributed by atoms with Crippen molar-refractivity contribution in [3.8, 4) is 0 Å². The summed E-state index contributed by atoms with van der Waals surface area (Å²) in [6.45, 7) is 0. The number of hydrogen-bond acceptors (Lipinski definition) is 2. The molecule has 0 spiro atoms. The van der Waals surface area contributed by atoms with E-state index in [0.29, 0.717) is 18.2 Å². The number of anilines is 2. The first kappa shape index (κ1) is 15.7. The molecule has 0 radical (unpaired) electrons. The van der Waals surface area contributed by atoms with Crippen molar-refractivity contribution in [2.45, 2.75) is 6.18 Å². The Kier molecular flexibility index (Phi) is 4.03. The molecule has 0 saturated carbocycles. The van der Waals surface area contributed by atoms with Gasteiger partial charge in [0.2, 0.25) is 0 Å². The number of rotatable bonds is 2. The highest BCUT2D eigenvalue weighted by Gasteiger charge is 2.30. The second-order valence-electron chi connectivity index (χ2n) is 4.39. The van der Waals surface area contributed by atoms with Crippen LogP contribution in [-0.4, -0.2) is 5.91 Å². The predicted molar refractivity (Wildman–Crippen MR) is 70.2 cm³/mol. The molecule has 3 N–H and O–H groups in total. The minimum atomic E-state index is -4.57. The van der Waals surface area contributed by atoms with E-state index in [-0.39, 0.29) is 16.9 Å². The third kappa shape index (κ3) is 3.33. The Labute approximate surface area is 121 Å². The zero-order chi connectivity index (χ0) is 16.5. The van der Waals surface area contributed by atoms with Crippen LogP contribution in [0.15, 0.2) is 36.4 Å². The topological polar surface area (TPSA) is 55.1 Å². The fourth-order valence-corrected chi connectivity index (χ4v) is 1.73. The molecule has 0 bridgehead atoms. The maximum atomic E-state index is 13.1. The number of alkyl halides is 3. The molecule has 2 aromatic rings. The normalized spacial score (nSPS) is 11.3. The van der Waals surface area contributed by atoms with Crippen molar-refractivity contribution in [3.05, 3.63) is 59.2 Å². The molecule has 116 valence electrons. The van der Waals surface area contributed by atoms with Gasteiger partial charge in [0.25, 0.3) is 5.91 Å². The van der Waals surface area contributed by atoms with E-state index in [9.17, 15) is 26.7 Å². The van der Waals surface area contributed by atoms with Gasteiger partial charge in [-0.3, -0.25) is 4.79 Å². The largest absolute Gasteiger partial charge is 0.416 e. The van der Waals surface area contributed by atoms with Crippen LogP contribution in [0, 0.1) is 11.6 Å². The van der Waals surface area contributed by atoms with Crippen LogP contribution in [0.1, 0.15) is 15.9 Å². The van der Waals surface area contributed by atoms with E-state index in [1.165, 1.54) is 6.07 Å². The number of halogens is 5. The molecular formula is C14H9F5N2O. The van der Waals surface area contributed by atoms with Gasteiger partial charge in [-0.25, -0.2) is 8.78 Å². The fraction of sp³-hybridized carbons (Fsp3) is 0.0714. The highest BCUT2D eigenvalue weighted by molar-refractivity contribution is 6.07. The number of nitrogen functional groups attached to an aromatic ring is 1. The van der Waals surface area contributed by atoms with Crippen LogP contribution < -0.4 is 11.1 Å². The summed E-state index contributed by atoms with van der Waals surface area (Å²) in [5, 5.41) is 2.15. The summed E-state index contributed by atoms with van der Waals surface area (Å²) in [5.41, 5.74) is 3.58. The van der Waals surface area contributed by atoms with E-state index in [2.05, 4.69) is 5.32 Å². The number of hydrogen-bond donors (Lipinski definition) is 2. The van der Waals surface area contributed by atoms with Gasteiger partial charge in [-0.1, -0.05) is 6.07 Å². The Hall–Kier alpha value is -2.64. The summed E-state index contributed by atoms with van der Waals surface area (Å²) in [4.78, 5) is 11.9. The third-order valence-electron chi connectivity index (χ3n) is 2.78. The number of carbonyl (C=O) groups is 1. The van der Waals surface area contributed by atoms with E-state index in [1.807, 2.05) is 0 Å². The molecule has 22 heavy (non-hydrogen) atoms. The van der Waals surface area contributed by atoms with Gasteiger partial charge in [-0.15, -0.1) is 0 Å². The summed E-state index contributed by atoms with van der Waals surface area (Å²) >= 11 is 0. The van der Waals surface area contributed by atoms with Gasteiger partial charge in [-0.2, -0.15) is 13.2 Å². The Balaban J connectivity index is 2.28. The van der Waals surface area contributed by atoms with Crippen LogP contribution in [0.4, 0.5) is 33.3 Å². The second kappa shape index (κ2) is 5.63. The lowest BCUT2D eigenvalue weighted by molar-refractivity contribution is -0.137. The van der Waals surface area contributed by atoms with Crippen LogP contribution in [-0.2, 0) is 6.18 Å². The van der Waals surface area contributed by atoms with Crippen molar-refractivity contribution >= 4 is 17.3 Å². The quantitative estimate of drug-likeness (QED) is 0.654. The van der Waals surface area contributed by atoms with E-state index < -0.39 is 29.3 Å². The Morgan fingerprint density at radius 2 is 1.68 bits per heavy atom. The van der Waals surface area contributed by atoms with Crippen molar-refractivity contribution in [2.24, 2.45) is 0 Å². The molecule has 0 saturated heterocycles. The zero-order valence-electron chi connectivity index (χ0n) is 10.8. The summed E-state index contributed by atoms with van der Waals surface area (Å²) in [7, 11) is 0. The van der Waals surface area contributed by atoms with Crippen molar-refractivity contribution in [1.29, 1.82) is 0 Å². The average molecular weight is 316 g/mol. The lowest BCUT2D eigenvalue weighted by Crippen LogP contribution is -2.15. The lowest BCUT2D eigenvalue weighted by atomic mass is 10.1.